The van der Waals surface area contributed by atoms with E-state index < -0.39 is 0 Å². The molecule has 3 aromatic carbocycles. The molecule has 5 rings (SSSR count). The van der Waals surface area contributed by atoms with E-state index in [1.54, 1.807) is 14.2 Å². The Bertz CT molecular complexity index is 1220. The fourth-order valence-electron chi connectivity index (χ4n) is 4.57. The molecule has 0 fully saturated rings. The van der Waals surface area contributed by atoms with E-state index in [-0.39, 0.29) is 24.4 Å². The van der Waals surface area contributed by atoms with Crippen LogP contribution in [0.3, 0.4) is 0 Å². The van der Waals surface area contributed by atoms with Gasteiger partial charge in [-0.2, -0.15) is 0 Å². The van der Waals surface area contributed by atoms with Crippen LogP contribution in [0.15, 0.2) is 66.7 Å². The molecular formula is C25H24Cl2N2O2. The molecule has 0 amide bonds. The fourth-order valence-corrected chi connectivity index (χ4v) is 4.83. The average Bonchev–Trinajstić information content (AvgIpc) is 3.18. The summed E-state index contributed by atoms with van der Waals surface area (Å²) in [6.45, 7) is 0.789. The minimum atomic E-state index is 0. The predicted molar refractivity (Wildman–Crippen MR) is 128 cm³/mol. The number of ether oxygens (including phenoxy) is 2. The van der Waals surface area contributed by atoms with E-state index >= 15 is 0 Å². The lowest BCUT2D eigenvalue weighted by Gasteiger charge is -2.32. The van der Waals surface area contributed by atoms with E-state index in [0.29, 0.717) is 0 Å². The van der Waals surface area contributed by atoms with Gasteiger partial charge in [0.05, 0.1) is 20.3 Å². The number of nitrogens with one attached hydrogen (secondary N) is 2. The van der Waals surface area contributed by atoms with Crippen LogP contribution in [0.5, 0.6) is 11.5 Å². The van der Waals surface area contributed by atoms with Crippen molar-refractivity contribution in [3.63, 3.8) is 0 Å². The lowest BCUT2D eigenvalue weighted by Crippen LogP contribution is -2.34. The number of hydrogen-bond donors (Lipinski definition) is 2. The van der Waals surface area contributed by atoms with Gasteiger partial charge in [-0.1, -0.05) is 54.1 Å². The molecule has 2 N–H and O–H groups in total. The summed E-state index contributed by atoms with van der Waals surface area (Å²) in [5.74, 6) is 1.62. The summed E-state index contributed by atoms with van der Waals surface area (Å²) in [7, 11) is 3.32. The van der Waals surface area contributed by atoms with Gasteiger partial charge in [0, 0.05) is 34.1 Å². The first-order chi connectivity index (χ1) is 14.7. The third-order valence-corrected chi connectivity index (χ3v) is 6.31. The second-order valence-electron chi connectivity index (χ2n) is 7.53. The fraction of sp³-hybridized carbons (Fsp3) is 0.200. The van der Waals surface area contributed by atoms with Crippen LogP contribution in [0.4, 0.5) is 0 Å². The quantitative estimate of drug-likeness (QED) is 0.392. The van der Waals surface area contributed by atoms with Crippen molar-refractivity contribution >= 4 is 34.9 Å². The second-order valence-corrected chi connectivity index (χ2v) is 7.93. The topological polar surface area (TPSA) is 46.3 Å². The number of para-hydroxylation sites is 1. The van der Waals surface area contributed by atoms with Crippen LogP contribution in [0.25, 0.3) is 10.9 Å². The zero-order valence-electron chi connectivity index (χ0n) is 17.3. The van der Waals surface area contributed by atoms with Crippen molar-refractivity contribution in [3.05, 3.63) is 94.1 Å². The molecule has 2 atom stereocenters. The van der Waals surface area contributed by atoms with E-state index in [9.17, 15) is 0 Å². The second kappa shape index (κ2) is 8.83. The highest BCUT2D eigenvalue weighted by Gasteiger charge is 2.33. The van der Waals surface area contributed by atoms with Gasteiger partial charge >= 0.3 is 0 Å². The summed E-state index contributed by atoms with van der Waals surface area (Å²) in [6.07, 6.45) is 0. The monoisotopic (exact) mass is 454 g/mol. The van der Waals surface area contributed by atoms with E-state index in [2.05, 4.69) is 52.8 Å². The van der Waals surface area contributed by atoms with Gasteiger partial charge in [-0.25, -0.2) is 0 Å². The number of H-pyrrole nitrogens is 1. The van der Waals surface area contributed by atoms with Gasteiger partial charge in [-0.3, -0.25) is 0 Å². The molecule has 31 heavy (non-hydrogen) atoms. The highest BCUT2D eigenvalue weighted by molar-refractivity contribution is 6.31. The number of rotatable bonds is 4. The molecule has 0 radical (unpaired) electrons. The van der Waals surface area contributed by atoms with Crippen molar-refractivity contribution in [3.8, 4) is 11.5 Å². The molecule has 0 spiro atoms. The van der Waals surface area contributed by atoms with Crippen LogP contribution in [0.1, 0.15) is 34.3 Å². The number of fused-ring (bicyclic) bond motifs is 3. The smallest absolute Gasteiger partial charge is 0.161 e. The van der Waals surface area contributed by atoms with Gasteiger partial charge in [0.25, 0.3) is 0 Å². The highest BCUT2D eigenvalue weighted by atomic mass is 35.5. The maximum Gasteiger partial charge on any atom is 0.161 e. The molecule has 4 aromatic rings. The number of benzene rings is 3. The number of halogens is 2. The molecule has 1 aliphatic heterocycles. The predicted octanol–water partition coefficient (Wildman–Crippen LogP) is 6.08. The van der Waals surface area contributed by atoms with E-state index in [0.717, 1.165) is 39.7 Å². The summed E-state index contributed by atoms with van der Waals surface area (Å²) in [5.41, 5.74) is 5.87. The Morgan fingerprint density at radius 2 is 1.65 bits per heavy atom. The van der Waals surface area contributed by atoms with Crippen molar-refractivity contribution in [1.82, 2.24) is 10.3 Å². The Morgan fingerprint density at radius 1 is 0.903 bits per heavy atom. The largest absolute Gasteiger partial charge is 0.493 e. The van der Waals surface area contributed by atoms with Gasteiger partial charge in [-0.05, 0) is 41.0 Å². The number of aromatic amines is 1. The molecule has 0 saturated heterocycles. The zero-order valence-corrected chi connectivity index (χ0v) is 18.9. The lowest BCUT2D eigenvalue weighted by molar-refractivity contribution is 0.354. The zero-order chi connectivity index (χ0) is 20.7. The molecule has 2 heterocycles. The van der Waals surface area contributed by atoms with Crippen molar-refractivity contribution in [2.75, 3.05) is 20.8 Å². The van der Waals surface area contributed by atoms with E-state index in [1.165, 1.54) is 16.6 Å². The number of hydrogen-bond acceptors (Lipinski definition) is 3. The van der Waals surface area contributed by atoms with Crippen molar-refractivity contribution in [2.45, 2.75) is 12.0 Å². The minimum Gasteiger partial charge on any atom is -0.493 e. The van der Waals surface area contributed by atoms with E-state index in [1.807, 2.05) is 24.3 Å². The van der Waals surface area contributed by atoms with Crippen molar-refractivity contribution in [2.24, 2.45) is 0 Å². The van der Waals surface area contributed by atoms with Gasteiger partial charge in [-0.15, -0.1) is 12.4 Å². The van der Waals surface area contributed by atoms with E-state index in [4.69, 9.17) is 21.1 Å². The molecule has 0 aliphatic carbocycles. The normalized spacial score (nSPS) is 17.6. The number of aromatic nitrogens is 1. The molecular weight excluding hydrogens is 431 g/mol. The molecule has 0 bridgehead atoms. The Hall–Kier alpha value is -2.66. The van der Waals surface area contributed by atoms with Crippen LogP contribution in [-0.2, 0) is 0 Å². The molecule has 4 nitrogen and oxygen atoms in total. The highest BCUT2D eigenvalue weighted by Crippen LogP contribution is 2.44. The van der Waals surface area contributed by atoms with Gasteiger partial charge < -0.3 is 19.8 Å². The SMILES string of the molecule is COc1ccc(C2NCC(c3ccccc3Cl)c3c2[nH]c2ccccc32)cc1OC.Cl. The van der Waals surface area contributed by atoms with Crippen LogP contribution in [0, 0.1) is 0 Å². The Balaban J connectivity index is 0.00000231. The summed E-state index contributed by atoms with van der Waals surface area (Å²) < 4.78 is 11.0. The average molecular weight is 455 g/mol. The Labute approximate surface area is 192 Å². The molecule has 6 heteroatoms. The Morgan fingerprint density at radius 3 is 2.42 bits per heavy atom. The van der Waals surface area contributed by atoms with Crippen molar-refractivity contribution < 1.29 is 9.47 Å². The molecule has 1 aromatic heterocycles. The number of methoxy groups -OCH3 is 2. The van der Waals surface area contributed by atoms with Gasteiger partial charge in [0.1, 0.15) is 0 Å². The first-order valence-electron chi connectivity index (χ1n) is 10.0. The van der Waals surface area contributed by atoms with Crippen LogP contribution in [0.2, 0.25) is 5.02 Å². The van der Waals surface area contributed by atoms with Crippen molar-refractivity contribution in [1.29, 1.82) is 0 Å². The summed E-state index contributed by atoms with van der Waals surface area (Å²) >= 11 is 6.60. The third-order valence-electron chi connectivity index (χ3n) is 5.96. The van der Waals surface area contributed by atoms with Gasteiger partial charge in [0.2, 0.25) is 0 Å². The summed E-state index contributed by atoms with van der Waals surface area (Å²) in [4.78, 5) is 3.67. The Kier molecular flexibility index (Phi) is 6.15. The maximum atomic E-state index is 6.60. The van der Waals surface area contributed by atoms with Crippen LogP contribution in [-0.4, -0.2) is 25.7 Å². The standard InChI is InChI=1S/C25H23ClN2O2.ClH/c1-29-21-12-11-15(13-22(21)30-2)24-25-23(17-8-4-6-10-20(17)28-25)18(14-27-24)16-7-3-5-9-19(16)26;/h3-13,18,24,27-28H,14H2,1-2H3;1H. The first kappa shape index (κ1) is 21.6. The summed E-state index contributed by atoms with van der Waals surface area (Å²) in [6, 6.07) is 22.7. The van der Waals surface area contributed by atoms with Crippen LogP contribution >= 0.6 is 24.0 Å². The lowest BCUT2D eigenvalue weighted by atomic mass is 9.83. The van der Waals surface area contributed by atoms with Gasteiger partial charge in [0.15, 0.2) is 11.5 Å². The molecule has 2 unspecified atom stereocenters. The van der Waals surface area contributed by atoms with Crippen LogP contribution < -0.4 is 14.8 Å². The molecule has 160 valence electrons. The first-order valence-corrected chi connectivity index (χ1v) is 10.4. The molecule has 0 saturated carbocycles. The molecule has 1 aliphatic rings. The summed E-state index contributed by atoms with van der Waals surface area (Å²) in [5, 5.41) is 5.77. The maximum absolute atomic E-state index is 6.60. The third kappa shape index (κ3) is 3.65. The minimum absolute atomic E-state index is 0.